The number of hydrogen-bond acceptors (Lipinski definition) is 2. The summed E-state index contributed by atoms with van der Waals surface area (Å²) in [6.07, 6.45) is 5.59. The van der Waals surface area contributed by atoms with Gasteiger partial charge in [0.25, 0.3) is 0 Å². The molecule has 0 radical (unpaired) electrons. The van der Waals surface area contributed by atoms with E-state index in [1.54, 1.807) is 0 Å². The van der Waals surface area contributed by atoms with Crippen molar-refractivity contribution < 1.29 is 9.59 Å². The standard InChI is InChI=1S/C19H26N2O2/c1-2-11-20(14-16-5-6-16)19(23)13-15-7-9-17(10-8-15)21-12-3-4-18(21)22/h7-10,16H,2-6,11-14H2,1H3. The minimum atomic E-state index is 0.201. The molecule has 0 aromatic heterocycles. The van der Waals surface area contributed by atoms with Crippen molar-refractivity contribution in [3.63, 3.8) is 0 Å². The maximum atomic E-state index is 12.5. The van der Waals surface area contributed by atoms with E-state index < -0.39 is 0 Å². The Hall–Kier alpha value is -1.84. The van der Waals surface area contributed by atoms with Crippen LogP contribution < -0.4 is 4.90 Å². The number of carbonyl (C=O) groups is 2. The third-order valence-electron chi connectivity index (χ3n) is 4.70. The number of amides is 2. The number of rotatable bonds is 7. The first kappa shape index (κ1) is 16.0. The van der Waals surface area contributed by atoms with E-state index in [1.807, 2.05) is 34.1 Å². The van der Waals surface area contributed by atoms with E-state index >= 15 is 0 Å². The van der Waals surface area contributed by atoms with Crippen LogP contribution in [-0.2, 0) is 16.0 Å². The monoisotopic (exact) mass is 314 g/mol. The molecule has 3 rings (SSSR count). The van der Waals surface area contributed by atoms with Crippen LogP contribution in [0, 0.1) is 5.92 Å². The van der Waals surface area contributed by atoms with Crippen molar-refractivity contribution in [2.75, 3.05) is 24.5 Å². The second kappa shape index (κ2) is 7.16. The molecule has 1 aliphatic heterocycles. The minimum absolute atomic E-state index is 0.201. The molecule has 1 saturated heterocycles. The Morgan fingerprint density at radius 2 is 2.00 bits per heavy atom. The van der Waals surface area contributed by atoms with Crippen LogP contribution in [-0.4, -0.2) is 36.3 Å². The van der Waals surface area contributed by atoms with Gasteiger partial charge >= 0.3 is 0 Å². The smallest absolute Gasteiger partial charge is 0.227 e. The van der Waals surface area contributed by atoms with E-state index in [9.17, 15) is 9.59 Å². The van der Waals surface area contributed by atoms with Gasteiger partial charge in [-0.25, -0.2) is 0 Å². The van der Waals surface area contributed by atoms with E-state index in [2.05, 4.69) is 6.92 Å². The number of carbonyl (C=O) groups excluding carboxylic acids is 2. The highest BCUT2D eigenvalue weighted by molar-refractivity contribution is 5.95. The molecule has 23 heavy (non-hydrogen) atoms. The Bertz CT molecular complexity index is 563. The van der Waals surface area contributed by atoms with Gasteiger partial charge in [0.05, 0.1) is 6.42 Å². The Kier molecular flexibility index (Phi) is 4.99. The van der Waals surface area contributed by atoms with E-state index in [0.717, 1.165) is 49.6 Å². The lowest BCUT2D eigenvalue weighted by molar-refractivity contribution is -0.130. The largest absolute Gasteiger partial charge is 0.342 e. The SMILES string of the molecule is CCCN(CC1CC1)C(=O)Cc1ccc(N2CCCC2=O)cc1. The van der Waals surface area contributed by atoms with Crippen LogP contribution in [0.25, 0.3) is 0 Å². The molecule has 4 nitrogen and oxygen atoms in total. The quantitative estimate of drug-likeness (QED) is 0.776. The van der Waals surface area contributed by atoms with Crippen LogP contribution in [0.5, 0.6) is 0 Å². The lowest BCUT2D eigenvalue weighted by Gasteiger charge is -2.22. The molecule has 4 heteroatoms. The molecule has 1 heterocycles. The molecular weight excluding hydrogens is 288 g/mol. The third kappa shape index (κ3) is 4.12. The summed E-state index contributed by atoms with van der Waals surface area (Å²) in [5.74, 6) is 1.16. The van der Waals surface area contributed by atoms with Gasteiger partial charge in [-0.3, -0.25) is 9.59 Å². The third-order valence-corrected chi connectivity index (χ3v) is 4.70. The number of nitrogens with zero attached hydrogens (tertiary/aromatic N) is 2. The minimum Gasteiger partial charge on any atom is -0.342 e. The van der Waals surface area contributed by atoms with Crippen molar-refractivity contribution in [3.8, 4) is 0 Å². The van der Waals surface area contributed by atoms with Crippen LogP contribution >= 0.6 is 0 Å². The molecule has 0 atom stereocenters. The lowest BCUT2D eigenvalue weighted by atomic mass is 10.1. The zero-order chi connectivity index (χ0) is 16.2. The van der Waals surface area contributed by atoms with Crippen molar-refractivity contribution in [2.24, 2.45) is 5.92 Å². The van der Waals surface area contributed by atoms with Crippen molar-refractivity contribution in [2.45, 2.75) is 45.4 Å². The van der Waals surface area contributed by atoms with Gasteiger partial charge in [0.15, 0.2) is 0 Å². The highest BCUT2D eigenvalue weighted by Crippen LogP contribution is 2.30. The van der Waals surface area contributed by atoms with Crippen LogP contribution in [0.3, 0.4) is 0 Å². The summed E-state index contributed by atoms with van der Waals surface area (Å²) in [7, 11) is 0. The molecule has 0 N–H and O–H groups in total. The van der Waals surface area contributed by atoms with Gasteiger partial charge in [0.1, 0.15) is 0 Å². The number of benzene rings is 1. The summed E-state index contributed by atoms with van der Waals surface area (Å²) in [6, 6.07) is 7.91. The topological polar surface area (TPSA) is 40.6 Å². The molecule has 2 aliphatic rings. The van der Waals surface area contributed by atoms with Crippen molar-refractivity contribution in [3.05, 3.63) is 29.8 Å². The number of hydrogen-bond donors (Lipinski definition) is 0. The molecule has 124 valence electrons. The fraction of sp³-hybridized carbons (Fsp3) is 0.579. The second-order valence-electron chi connectivity index (χ2n) is 6.78. The molecular formula is C19H26N2O2. The predicted molar refractivity (Wildman–Crippen MR) is 91.3 cm³/mol. The van der Waals surface area contributed by atoms with Crippen LogP contribution in [0.1, 0.15) is 44.6 Å². The van der Waals surface area contributed by atoms with Gasteiger partial charge < -0.3 is 9.80 Å². The Labute approximate surface area is 138 Å². The van der Waals surface area contributed by atoms with Gasteiger partial charge in [-0.1, -0.05) is 19.1 Å². The second-order valence-corrected chi connectivity index (χ2v) is 6.78. The van der Waals surface area contributed by atoms with Crippen LogP contribution in [0.2, 0.25) is 0 Å². The average molecular weight is 314 g/mol. The number of anilines is 1. The summed E-state index contributed by atoms with van der Waals surface area (Å²) < 4.78 is 0. The first-order valence-electron chi connectivity index (χ1n) is 8.84. The van der Waals surface area contributed by atoms with Gasteiger partial charge in [-0.15, -0.1) is 0 Å². The summed E-state index contributed by atoms with van der Waals surface area (Å²) in [5, 5.41) is 0. The Morgan fingerprint density at radius 3 is 2.57 bits per heavy atom. The lowest BCUT2D eigenvalue weighted by Crippen LogP contribution is -2.34. The molecule has 1 saturated carbocycles. The van der Waals surface area contributed by atoms with Gasteiger partial charge in [-0.2, -0.15) is 0 Å². The summed E-state index contributed by atoms with van der Waals surface area (Å²) in [6.45, 7) is 4.71. The van der Waals surface area contributed by atoms with Gasteiger partial charge in [0, 0.05) is 31.7 Å². The zero-order valence-electron chi connectivity index (χ0n) is 14.0. The zero-order valence-corrected chi connectivity index (χ0v) is 14.0. The molecule has 2 amide bonds. The fourth-order valence-electron chi connectivity index (χ4n) is 3.20. The van der Waals surface area contributed by atoms with E-state index in [0.29, 0.717) is 12.8 Å². The maximum Gasteiger partial charge on any atom is 0.227 e. The average Bonchev–Trinajstić information content (AvgIpc) is 3.27. The molecule has 0 unspecified atom stereocenters. The van der Waals surface area contributed by atoms with Crippen molar-refractivity contribution >= 4 is 17.5 Å². The maximum absolute atomic E-state index is 12.5. The summed E-state index contributed by atoms with van der Waals surface area (Å²) in [4.78, 5) is 28.2. The van der Waals surface area contributed by atoms with E-state index in [4.69, 9.17) is 0 Å². The highest BCUT2D eigenvalue weighted by atomic mass is 16.2. The van der Waals surface area contributed by atoms with E-state index in [1.165, 1.54) is 12.8 Å². The molecule has 0 spiro atoms. The normalized spacial score (nSPS) is 17.6. The van der Waals surface area contributed by atoms with Crippen molar-refractivity contribution in [1.29, 1.82) is 0 Å². The first-order chi connectivity index (χ1) is 11.2. The summed E-state index contributed by atoms with van der Waals surface area (Å²) in [5.41, 5.74) is 1.98. The van der Waals surface area contributed by atoms with Gasteiger partial charge in [-0.05, 0) is 49.3 Å². The Morgan fingerprint density at radius 1 is 1.26 bits per heavy atom. The van der Waals surface area contributed by atoms with Crippen molar-refractivity contribution in [1.82, 2.24) is 4.90 Å². The molecule has 0 bridgehead atoms. The Balaban J connectivity index is 1.60. The summed E-state index contributed by atoms with van der Waals surface area (Å²) >= 11 is 0. The molecule has 1 aromatic carbocycles. The molecule has 1 aromatic rings. The fourth-order valence-corrected chi connectivity index (χ4v) is 3.20. The molecule has 1 aliphatic carbocycles. The van der Waals surface area contributed by atoms with E-state index in [-0.39, 0.29) is 11.8 Å². The van der Waals surface area contributed by atoms with Crippen LogP contribution in [0.15, 0.2) is 24.3 Å². The van der Waals surface area contributed by atoms with Crippen LogP contribution in [0.4, 0.5) is 5.69 Å². The molecule has 2 fully saturated rings. The first-order valence-corrected chi connectivity index (χ1v) is 8.84. The van der Waals surface area contributed by atoms with Gasteiger partial charge in [0.2, 0.25) is 11.8 Å². The predicted octanol–water partition coefficient (Wildman–Crippen LogP) is 3.00. The highest BCUT2D eigenvalue weighted by Gasteiger charge is 2.26.